The van der Waals surface area contributed by atoms with Crippen LogP contribution < -0.4 is 5.43 Å². The highest BCUT2D eigenvalue weighted by Gasteiger charge is 2.33. The topological polar surface area (TPSA) is 50.7 Å². The summed E-state index contributed by atoms with van der Waals surface area (Å²) in [7, 11) is 1.24. The lowest BCUT2D eigenvalue weighted by Gasteiger charge is -2.11. The zero-order valence-electron chi connectivity index (χ0n) is 12.1. The van der Waals surface area contributed by atoms with E-state index in [1.54, 1.807) is 18.2 Å². The van der Waals surface area contributed by atoms with E-state index in [0.29, 0.717) is 5.56 Å². The number of hydrazone groups is 1. The normalized spacial score (nSPS) is 11.5. The van der Waals surface area contributed by atoms with Crippen molar-refractivity contribution in [1.82, 2.24) is 0 Å². The van der Waals surface area contributed by atoms with Gasteiger partial charge in [0.25, 0.3) is 0 Å². The number of nitrogens with zero attached hydrogens (tertiary/aromatic N) is 1. The van der Waals surface area contributed by atoms with Gasteiger partial charge in [0, 0.05) is 5.56 Å². The Kier molecular flexibility index (Phi) is 5.00. The molecule has 0 unspecified atom stereocenters. The largest absolute Gasteiger partial charge is 0.465 e. The lowest BCUT2D eigenvalue weighted by Crippen LogP contribution is -2.09. The van der Waals surface area contributed by atoms with Gasteiger partial charge in [-0.05, 0) is 18.2 Å². The van der Waals surface area contributed by atoms with Crippen molar-refractivity contribution in [3.8, 4) is 0 Å². The SMILES string of the molecule is COC(=O)c1ccccc1/C=N\Nc1ccccc1C(F)(F)F. The Bertz CT molecular complexity index is 727. The molecule has 7 heteroatoms. The number of ether oxygens (including phenoxy) is 1. The maximum absolute atomic E-state index is 12.9. The molecule has 4 nitrogen and oxygen atoms in total. The maximum atomic E-state index is 12.9. The Labute approximate surface area is 130 Å². The molecule has 2 aromatic rings. The number of nitrogens with one attached hydrogen (secondary N) is 1. The maximum Gasteiger partial charge on any atom is 0.418 e. The van der Waals surface area contributed by atoms with Crippen LogP contribution in [-0.2, 0) is 10.9 Å². The molecule has 0 radical (unpaired) electrons. The van der Waals surface area contributed by atoms with Crippen LogP contribution in [0.1, 0.15) is 21.5 Å². The van der Waals surface area contributed by atoms with Crippen LogP contribution >= 0.6 is 0 Å². The highest BCUT2D eigenvalue weighted by atomic mass is 19.4. The van der Waals surface area contributed by atoms with E-state index in [1.807, 2.05) is 0 Å². The third-order valence-corrected chi connectivity index (χ3v) is 2.99. The second kappa shape index (κ2) is 6.95. The average molecular weight is 322 g/mol. The van der Waals surface area contributed by atoms with Crippen LogP contribution in [0.5, 0.6) is 0 Å². The fourth-order valence-electron chi connectivity index (χ4n) is 1.90. The van der Waals surface area contributed by atoms with Crippen molar-refractivity contribution in [3.05, 3.63) is 65.2 Å². The highest BCUT2D eigenvalue weighted by molar-refractivity contribution is 5.99. The summed E-state index contributed by atoms with van der Waals surface area (Å²) in [6, 6.07) is 11.5. The van der Waals surface area contributed by atoms with Gasteiger partial charge in [0.05, 0.1) is 30.1 Å². The molecule has 0 saturated carbocycles. The number of methoxy groups -OCH3 is 1. The van der Waals surface area contributed by atoms with E-state index >= 15 is 0 Å². The van der Waals surface area contributed by atoms with Gasteiger partial charge in [-0.15, -0.1) is 0 Å². The summed E-state index contributed by atoms with van der Waals surface area (Å²) in [4.78, 5) is 11.6. The molecule has 0 bridgehead atoms. The standard InChI is InChI=1S/C16H13F3N2O2/c1-23-15(22)12-7-3-2-6-11(12)10-20-21-14-9-5-4-8-13(14)16(17,18)19/h2-10,21H,1H3/b20-10-. The van der Waals surface area contributed by atoms with E-state index in [1.165, 1.54) is 37.6 Å². The summed E-state index contributed by atoms with van der Waals surface area (Å²) < 4.78 is 43.2. The summed E-state index contributed by atoms with van der Waals surface area (Å²) in [5.41, 5.74) is 2.05. The molecule has 0 aliphatic carbocycles. The summed E-state index contributed by atoms with van der Waals surface area (Å²) in [5, 5.41) is 3.78. The van der Waals surface area contributed by atoms with Crippen molar-refractivity contribution in [2.75, 3.05) is 12.5 Å². The van der Waals surface area contributed by atoms with E-state index in [4.69, 9.17) is 0 Å². The van der Waals surface area contributed by atoms with Crippen LogP contribution in [0.2, 0.25) is 0 Å². The van der Waals surface area contributed by atoms with Gasteiger partial charge < -0.3 is 4.74 Å². The minimum Gasteiger partial charge on any atom is -0.465 e. The average Bonchev–Trinajstić information content (AvgIpc) is 2.54. The van der Waals surface area contributed by atoms with Crippen molar-refractivity contribution in [2.24, 2.45) is 5.10 Å². The summed E-state index contributed by atoms with van der Waals surface area (Å²) in [6.45, 7) is 0. The molecule has 1 N–H and O–H groups in total. The number of alkyl halides is 3. The van der Waals surface area contributed by atoms with E-state index in [0.717, 1.165) is 6.07 Å². The van der Waals surface area contributed by atoms with E-state index in [2.05, 4.69) is 15.3 Å². The number of hydrogen-bond donors (Lipinski definition) is 1. The number of carbonyl (C=O) groups is 1. The Balaban J connectivity index is 2.23. The molecule has 120 valence electrons. The Morgan fingerprint density at radius 3 is 2.48 bits per heavy atom. The number of benzene rings is 2. The molecule has 0 atom stereocenters. The number of anilines is 1. The lowest BCUT2D eigenvalue weighted by atomic mass is 10.1. The smallest absolute Gasteiger partial charge is 0.418 e. The summed E-state index contributed by atoms with van der Waals surface area (Å²) >= 11 is 0. The first kappa shape index (κ1) is 16.5. The molecular formula is C16H13F3N2O2. The molecule has 0 saturated heterocycles. The number of hydrogen-bond acceptors (Lipinski definition) is 4. The zero-order chi connectivity index (χ0) is 16.9. The molecule has 0 spiro atoms. The van der Waals surface area contributed by atoms with Gasteiger partial charge >= 0.3 is 12.1 Å². The van der Waals surface area contributed by atoms with E-state index in [-0.39, 0.29) is 11.3 Å². The zero-order valence-corrected chi connectivity index (χ0v) is 12.1. The Morgan fingerprint density at radius 2 is 1.78 bits per heavy atom. The highest BCUT2D eigenvalue weighted by Crippen LogP contribution is 2.34. The van der Waals surface area contributed by atoms with Crippen molar-refractivity contribution < 1.29 is 22.7 Å². The van der Waals surface area contributed by atoms with Gasteiger partial charge in [-0.3, -0.25) is 5.43 Å². The lowest BCUT2D eigenvalue weighted by molar-refractivity contribution is -0.136. The van der Waals surface area contributed by atoms with Gasteiger partial charge in [0.1, 0.15) is 0 Å². The summed E-state index contributed by atoms with van der Waals surface area (Å²) in [6.07, 6.45) is -3.22. The number of rotatable bonds is 4. The van der Waals surface area contributed by atoms with Crippen molar-refractivity contribution in [1.29, 1.82) is 0 Å². The minimum atomic E-state index is -4.48. The second-order valence-corrected chi connectivity index (χ2v) is 4.49. The number of carbonyl (C=O) groups excluding carboxylic acids is 1. The van der Waals surface area contributed by atoms with Gasteiger partial charge in [-0.2, -0.15) is 18.3 Å². The molecule has 2 rings (SSSR count). The minimum absolute atomic E-state index is 0.174. The van der Waals surface area contributed by atoms with Gasteiger partial charge in [0.15, 0.2) is 0 Å². The Morgan fingerprint density at radius 1 is 1.13 bits per heavy atom. The van der Waals surface area contributed by atoms with Crippen LogP contribution in [0.4, 0.5) is 18.9 Å². The van der Waals surface area contributed by atoms with Gasteiger partial charge in [-0.25, -0.2) is 4.79 Å². The van der Waals surface area contributed by atoms with Crippen molar-refractivity contribution in [3.63, 3.8) is 0 Å². The van der Waals surface area contributed by atoms with E-state index < -0.39 is 17.7 Å². The molecular weight excluding hydrogens is 309 g/mol. The van der Waals surface area contributed by atoms with Crippen LogP contribution in [0.15, 0.2) is 53.6 Å². The van der Waals surface area contributed by atoms with Crippen molar-refractivity contribution in [2.45, 2.75) is 6.18 Å². The molecule has 0 aliphatic rings. The quantitative estimate of drug-likeness (QED) is 0.527. The Hall–Kier alpha value is -2.83. The molecule has 23 heavy (non-hydrogen) atoms. The molecule has 0 aromatic heterocycles. The monoisotopic (exact) mass is 322 g/mol. The molecule has 0 heterocycles. The predicted octanol–water partition coefficient (Wildman–Crippen LogP) is 3.94. The van der Waals surface area contributed by atoms with Crippen LogP contribution in [0.3, 0.4) is 0 Å². The third kappa shape index (κ3) is 4.09. The number of halogens is 3. The first-order chi connectivity index (χ1) is 10.9. The molecule has 2 aromatic carbocycles. The fraction of sp³-hybridized carbons (Fsp3) is 0.125. The van der Waals surface area contributed by atoms with Gasteiger partial charge in [0.2, 0.25) is 0 Å². The van der Waals surface area contributed by atoms with E-state index in [9.17, 15) is 18.0 Å². The first-order valence-electron chi connectivity index (χ1n) is 6.56. The van der Waals surface area contributed by atoms with Gasteiger partial charge in [-0.1, -0.05) is 30.3 Å². The third-order valence-electron chi connectivity index (χ3n) is 2.99. The van der Waals surface area contributed by atoms with Crippen LogP contribution in [0, 0.1) is 0 Å². The molecule has 0 fully saturated rings. The summed E-state index contributed by atoms with van der Waals surface area (Å²) in [5.74, 6) is -0.553. The molecule has 0 amide bonds. The predicted molar refractivity (Wildman–Crippen MR) is 80.4 cm³/mol. The first-order valence-corrected chi connectivity index (χ1v) is 6.56. The molecule has 0 aliphatic heterocycles. The second-order valence-electron chi connectivity index (χ2n) is 4.49. The number of esters is 1. The van der Waals surface area contributed by atoms with Crippen LogP contribution in [0.25, 0.3) is 0 Å². The fourth-order valence-corrected chi connectivity index (χ4v) is 1.90. The number of para-hydroxylation sites is 1. The van der Waals surface area contributed by atoms with Crippen LogP contribution in [-0.4, -0.2) is 19.3 Å². The van der Waals surface area contributed by atoms with Crippen molar-refractivity contribution >= 4 is 17.9 Å².